The van der Waals surface area contributed by atoms with E-state index in [1.54, 1.807) is 6.07 Å². The first-order chi connectivity index (χ1) is 7.15. The van der Waals surface area contributed by atoms with Crippen LogP contribution >= 0.6 is 11.6 Å². The maximum atomic E-state index is 10.4. The monoisotopic (exact) mass is 228 g/mol. The highest BCUT2D eigenvalue weighted by Gasteiger charge is 2.14. The number of halogens is 1. The summed E-state index contributed by atoms with van der Waals surface area (Å²) in [5.41, 5.74) is 0. The molecule has 2 heterocycles. The minimum atomic E-state index is -1.03. The molecule has 6 nitrogen and oxygen atoms in total. The maximum Gasteiger partial charge on any atom is 0.311 e. The zero-order valence-electron chi connectivity index (χ0n) is 7.31. The van der Waals surface area contributed by atoms with E-state index in [-0.39, 0.29) is 23.4 Å². The van der Waals surface area contributed by atoms with Gasteiger partial charge in [0.05, 0.1) is 0 Å². The summed E-state index contributed by atoms with van der Waals surface area (Å²) in [6.07, 6.45) is -0.294. The summed E-state index contributed by atoms with van der Waals surface area (Å²) < 4.78 is 9.80. The Morgan fingerprint density at radius 2 is 2.33 bits per heavy atom. The summed E-state index contributed by atoms with van der Waals surface area (Å²) in [5.74, 6) is -0.521. The number of aromatic nitrogens is 2. The molecule has 0 fully saturated rings. The van der Waals surface area contributed by atoms with Gasteiger partial charge in [-0.05, 0) is 23.7 Å². The van der Waals surface area contributed by atoms with Gasteiger partial charge in [-0.1, -0.05) is 5.16 Å². The highest BCUT2D eigenvalue weighted by molar-refractivity contribution is 6.28. The lowest BCUT2D eigenvalue weighted by atomic mass is 10.4. The quantitative estimate of drug-likeness (QED) is 0.858. The maximum absolute atomic E-state index is 10.4. The number of nitrogens with zero attached hydrogens (tertiary/aromatic N) is 2. The van der Waals surface area contributed by atoms with Crippen molar-refractivity contribution in [3.05, 3.63) is 23.2 Å². The number of carboxylic acids is 1. The number of furan rings is 1. The Morgan fingerprint density at radius 3 is 2.93 bits per heavy atom. The van der Waals surface area contributed by atoms with Gasteiger partial charge in [0.15, 0.2) is 16.8 Å². The lowest BCUT2D eigenvalue weighted by Gasteiger charge is -1.84. The van der Waals surface area contributed by atoms with E-state index < -0.39 is 5.97 Å². The third-order valence-electron chi connectivity index (χ3n) is 1.56. The fourth-order valence-corrected chi connectivity index (χ4v) is 1.14. The molecule has 0 bridgehead atoms. The van der Waals surface area contributed by atoms with Gasteiger partial charge < -0.3 is 14.0 Å². The van der Waals surface area contributed by atoms with Crippen LogP contribution in [0.2, 0.25) is 5.22 Å². The SMILES string of the molecule is O=C(O)Cc1noc(-c2ccc(Cl)o2)n1. The Labute approximate surface area is 88.5 Å². The van der Waals surface area contributed by atoms with Crippen LogP contribution in [0.15, 0.2) is 21.1 Å². The summed E-state index contributed by atoms with van der Waals surface area (Å²) in [5, 5.41) is 12.2. The van der Waals surface area contributed by atoms with Crippen LogP contribution in [0.1, 0.15) is 5.82 Å². The molecule has 0 amide bonds. The predicted molar refractivity (Wildman–Crippen MR) is 48.3 cm³/mol. The molecule has 1 N–H and O–H groups in total. The van der Waals surface area contributed by atoms with Crippen LogP contribution in [0, 0.1) is 0 Å². The topological polar surface area (TPSA) is 89.4 Å². The normalized spacial score (nSPS) is 10.5. The first kappa shape index (κ1) is 9.72. The van der Waals surface area contributed by atoms with Gasteiger partial charge in [0.25, 0.3) is 5.89 Å². The average Bonchev–Trinajstić information content (AvgIpc) is 2.72. The number of aliphatic carboxylic acids is 1. The van der Waals surface area contributed by atoms with Gasteiger partial charge in [-0.2, -0.15) is 4.98 Å². The van der Waals surface area contributed by atoms with Gasteiger partial charge >= 0.3 is 5.97 Å². The number of carbonyl (C=O) groups is 1. The Bertz CT molecular complexity index is 490. The Hall–Kier alpha value is -1.82. The molecule has 0 saturated heterocycles. The van der Waals surface area contributed by atoms with E-state index >= 15 is 0 Å². The van der Waals surface area contributed by atoms with E-state index in [9.17, 15) is 4.79 Å². The fraction of sp³-hybridized carbons (Fsp3) is 0.125. The molecule has 2 aromatic heterocycles. The second-order valence-electron chi connectivity index (χ2n) is 2.69. The van der Waals surface area contributed by atoms with E-state index in [2.05, 4.69) is 10.1 Å². The zero-order chi connectivity index (χ0) is 10.8. The third kappa shape index (κ3) is 2.16. The van der Waals surface area contributed by atoms with Crippen LogP contribution in [-0.4, -0.2) is 21.2 Å². The molecule has 0 aliphatic carbocycles. The number of rotatable bonds is 3. The molecule has 15 heavy (non-hydrogen) atoms. The average molecular weight is 229 g/mol. The van der Waals surface area contributed by atoms with Crippen molar-refractivity contribution >= 4 is 17.6 Å². The van der Waals surface area contributed by atoms with Gasteiger partial charge in [-0.25, -0.2) is 0 Å². The molecule has 78 valence electrons. The first-order valence-corrected chi connectivity index (χ1v) is 4.33. The van der Waals surface area contributed by atoms with Crippen molar-refractivity contribution in [3.63, 3.8) is 0 Å². The second-order valence-corrected chi connectivity index (χ2v) is 3.06. The first-order valence-electron chi connectivity index (χ1n) is 3.95. The molecule has 0 saturated carbocycles. The molecular formula is C8H5ClN2O4. The molecular weight excluding hydrogens is 224 g/mol. The summed E-state index contributed by atoms with van der Waals surface area (Å²) >= 11 is 5.55. The molecule has 7 heteroatoms. The van der Waals surface area contributed by atoms with Crippen molar-refractivity contribution in [2.24, 2.45) is 0 Å². The van der Waals surface area contributed by atoms with Gasteiger partial charge in [0, 0.05) is 0 Å². The van der Waals surface area contributed by atoms with E-state index in [4.69, 9.17) is 25.6 Å². The smallest absolute Gasteiger partial charge is 0.311 e. The van der Waals surface area contributed by atoms with Crippen LogP contribution < -0.4 is 0 Å². The molecule has 2 aromatic rings. The molecule has 0 radical (unpaired) electrons. The summed E-state index contributed by atoms with van der Waals surface area (Å²) in [7, 11) is 0. The van der Waals surface area contributed by atoms with Crippen LogP contribution in [0.5, 0.6) is 0 Å². The highest BCUT2D eigenvalue weighted by Crippen LogP contribution is 2.22. The van der Waals surface area contributed by atoms with Crippen molar-refractivity contribution in [1.82, 2.24) is 10.1 Å². The number of hydrogen-bond acceptors (Lipinski definition) is 5. The molecule has 0 unspecified atom stereocenters. The molecule has 0 spiro atoms. The van der Waals surface area contributed by atoms with Gasteiger partial charge in [-0.3, -0.25) is 4.79 Å². The van der Waals surface area contributed by atoms with E-state index in [0.717, 1.165) is 0 Å². The summed E-state index contributed by atoms with van der Waals surface area (Å²) in [6.45, 7) is 0. The summed E-state index contributed by atoms with van der Waals surface area (Å²) in [6, 6.07) is 3.08. The molecule has 0 aliphatic rings. The van der Waals surface area contributed by atoms with Crippen molar-refractivity contribution in [2.45, 2.75) is 6.42 Å². The van der Waals surface area contributed by atoms with Gasteiger partial charge in [0.2, 0.25) is 0 Å². The lowest BCUT2D eigenvalue weighted by molar-refractivity contribution is -0.136. The highest BCUT2D eigenvalue weighted by atomic mass is 35.5. The largest absolute Gasteiger partial charge is 0.481 e. The minimum Gasteiger partial charge on any atom is -0.481 e. The Morgan fingerprint density at radius 1 is 1.53 bits per heavy atom. The molecule has 2 rings (SSSR count). The predicted octanol–water partition coefficient (Wildman–Crippen LogP) is 1.61. The van der Waals surface area contributed by atoms with Gasteiger partial charge in [-0.15, -0.1) is 0 Å². The fourth-order valence-electron chi connectivity index (χ4n) is 0.990. The zero-order valence-corrected chi connectivity index (χ0v) is 8.06. The molecule has 0 aliphatic heterocycles. The number of hydrogen-bond donors (Lipinski definition) is 1. The third-order valence-corrected chi connectivity index (χ3v) is 1.76. The Balaban J connectivity index is 2.23. The lowest BCUT2D eigenvalue weighted by Crippen LogP contribution is -2.01. The summed E-state index contributed by atoms with van der Waals surface area (Å²) in [4.78, 5) is 14.2. The number of carboxylic acid groups (broad SMARTS) is 1. The van der Waals surface area contributed by atoms with Crippen molar-refractivity contribution < 1.29 is 18.8 Å². The van der Waals surface area contributed by atoms with E-state index in [0.29, 0.717) is 5.76 Å². The minimum absolute atomic E-state index is 0.0880. The van der Waals surface area contributed by atoms with E-state index in [1.807, 2.05) is 0 Å². The Kier molecular flexibility index (Phi) is 2.42. The molecule has 0 atom stereocenters. The van der Waals surface area contributed by atoms with Crippen molar-refractivity contribution in [2.75, 3.05) is 0 Å². The molecule has 0 aromatic carbocycles. The van der Waals surface area contributed by atoms with E-state index in [1.165, 1.54) is 6.07 Å². The van der Waals surface area contributed by atoms with Crippen LogP contribution in [0.25, 0.3) is 11.7 Å². The van der Waals surface area contributed by atoms with Crippen LogP contribution in [0.3, 0.4) is 0 Å². The van der Waals surface area contributed by atoms with Crippen molar-refractivity contribution in [1.29, 1.82) is 0 Å². The standard InChI is InChI=1S/C8H5ClN2O4/c9-5-2-1-4(14-5)8-10-6(11-15-8)3-7(12)13/h1-2H,3H2,(H,12,13). The van der Waals surface area contributed by atoms with Crippen LogP contribution in [-0.2, 0) is 11.2 Å². The van der Waals surface area contributed by atoms with Crippen LogP contribution in [0.4, 0.5) is 0 Å². The van der Waals surface area contributed by atoms with Crippen molar-refractivity contribution in [3.8, 4) is 11.7 Å². The van der Waals surface area contributed by atoms with Gasteiger partial charge in [0.1, 0.15) is 6.42 Å². The second kappa shape index (κ2) is 3.74.